The maximum Gasteiger partial charge on any atom is 0.411 e. The Morgan fingerprint density at radius 2 is 2.12 bits per heavy atom. The number of nitrogens with zero attached hydrogens (tertiary/aromatic N) is 1. The monoisotopic (exact) mass is 372 g/mol. The number of rotatable bonds is 3. The van der Waals surface area contributed by atoms with Crippen molar-refractivity contribution in [3.8, 4) is 0 Å². The molecule has 1 aromatic rings. The number of nitrogens with one attached hydrogen (secondary N) is 1. The molecule has 2 atom stereocenters. The molecule has 1 aliphatic rings. The van der Waals surface area contributed by atoms with Crippen LogP contribution in [0.3, 0.4) is 0 Å². The average Bonchev–Trinajstić information content (AvgIpc) is 2.89. The number of ether oxygens (including phenoxy) is 1. The summed E-state index contributed by atoms with van der Waals surface area (Å²) in [4.78, 5) is 25.9. The molecule has 1 aromatic carbocycles. The number of carbonyl (C=O) groups excluding carboxylic acids is 2. The SMILES string of the molecule is CC(C)(C)OC(=O)N1CC[C@@H](O)[C@H]1C(=O)NCc1cccc(Cl)c1F. The van der Waals surface area contributed by atoms with Crippen molar-refractivity contribution in [2.24, 2.45) is 0 Å². The number of aliphatic hydroxyl groups excluding tert-OH is 1. The first-order valence-corrected chi connectivity index (χ1v) is 8.36. The molecule has 2 amide bonds. The van der Waals surface area contributed by atoms with E-state index >= 15 is 0 Å². The number of aliphatic hydroxyl groups is 1. The van der Waals surface area contributed by atoms with Crippen molar-refractivity contribution < 1.29 is 23.8 Å². The van der Waals surface area contributed by atoms with Gasteiger partial charge in [-0.2, -0.15) is 0 Å². The first-order valence-electron chi connectivity index (χ1n) is 7.98. The van der Waals surface area contributed by atoms with Crippen molar-refractivity contribution in [2.45, 2.75) is 51.5 Å². The number of halogens is 2. The molecule has 0 spiro atoms. The summed E-state index contributed by atoms with van der Waals surface area (Å²) in [5, 5.41) is 12.6. The number of amides is 2. The van der Waals surface area contributed by atoms with Gasteiger partial charge in [0, 0.05) is 18.7 Å². The Kier molecular flexibility index (Phi) is 5.90. The molecule has 25 heavy (non-hydrogen) atoms. The summed E-state index contributed by atoms with van der Waals surface area (Å²) in [7, 11) is 0. The molecule has 2 N–H and O–H groups in total. The lowest BCUT2D eigenvalue weighted by atomic mass is 10.1. The molecule has 0 saturated carbocycles. The second-order valence-electron chi connectivity index (χ2n) is 6.91. The van der Waals surface area contributed by atoms with E-state index in [4.69, 9.17) is 16.3 Å². The fourth-order valence-electron chi connectivity index (χ4n) is 2.59. The third kappa shape index (κ3) is 4.83. The molecule has 0 bridgehead atoms. The highest BCUT2D eigenvalue weighted by Crippen LogP contribution is 2.22. The molecular formula is C17H22ClFN2O4. The third-order valence-electron chi connectivity index (χ3n) is 3.75. The Hall–Kier alpha value is -1.86. The Morgan fingerprint density at radius 3 is 2.76 bits per heavy atom. The van der Waals surface area contributed by atoms with Gasteiger partial charge in [0.25, 0.3) is 0 Å². The number of hydrogen-bond acceptors (Lipinski definition) is 4. The van der Waals surface area contributed by atoms with Crippen molar-refractivity contribution in [1.29, 1.82) is 0 Å². The molecule has 0 radical (unpaired) electrons. The first kappa shape index (κ1) is 19.5. The van der Waals surface area contributed by atoms with Gasteiger partial charge in [-0.25, -0.2) is 9.18 Å². The van der Waals surface area contributed by atoms with Gasteiger partial charge in [-0.05, 0) is 33.3 Å². The molecule has 0 aliphatic carbocycles. The van der Waals surface area contributed by atoms with Crippen molar-refractivity contribution in [1.82, 2.24) is 10.2 Å². The summed E-state index contributed by atoms with van der Waals surface area (Å²) >= 11 is 5.71. The van der Waals surface area contributed by atoms with Gasteiger partial charge >= 0.3 is 6.09 Å². The maximum atomic E-state index is 13.9. The van der Waals surface area contributed by atoms with Crippen LogP contribution in [-0.4, -0.2) is 46.3 Å². The molecule has 6 nitrogen and oxygen atoms in total. The fourth-order valence-corrected chi connectivity index (χ4v) is 2.78. The second-order valence-corrected chi connectivity index (χ2v) is 7.31. The minimum Gasteiger partial charge on any atom is -0.444 e. The average molecular weight is 373 g/mol. The Balaban J connectivity index is 2.05. The minimum atomic E-state index is -1.07. The summed E-state index contributed by atoms with van der Waals surface area (Å²) in [6.07, 6.45) is -1.40. The molecule has 1 saturated heterocycles. The van der Waals surface area contributed by atoms with E-state index in [9.17, 15) is 19.1 Å². The molecule has 2 rings (SSSR count). The van der Waals surface area contributed by atoms with Crippen molar-refractivity contribution in [2.75, 3.05) is 6.54 Å². The topological polar surface area (TPSA) is 78.9 Å². The smallest absolute Gasteiger partial charge is 0.411 e. The Labute approximate surface area is 150 Å². The van der Waals surface area contributed by atoms with Crippen LogP contribution in [0.25, 0.3) is 0 Å². The van der Waals surface area contributed by atoms with Gasteiger partial charge in [-0.1, -0.05) is 23.7 Å². The quantitative estimate of drug-likeness (QED) is 0.854. The van der Waals surface area contributed by atoms with E-state index in [1.165, 1.54) is 17.0 Å². The highest BCUT2D eigenvalue weighted by atomic mass is 35.5. The summed E-state index contributed by atoms with van der Waals surface area (Å²) in [6, 6.07) is 3.41. The molecule has 1 fully saturated rings. The Morgan fingerprint density at radius 1 is 1.44 bits per heavy atom. The molecule has 1 heterocycles. The van der Waals surface area contributed by atoms with E-state index < -0.39 is 35.6 Å². The van der Waals surface area contributed by atoms with Gasteiger partial charge in [0.15, 0.2) is 0 Å². The normalized spacial score (nSPS) is 20.5. The van der Waals surface area contributed by atoms with Gasteiger partial charge in [0.05, 0.1) is 11.1 Å². The standard InChI is InChI=1S/C17H22ClFN2O4/c1-17(2,3)25-16(24)21-8-7-12(22)14(21)15(23)20-9-10-5-4-6-11(18)13(10)19/h4-6,12,14,22H,7-9H2,1-3H3,(H,20,23)/t12-,14+/m1/s1. The molecule has 0 unspecified atom stereocenters. The number of carbonyl (C=O) groups is 2. The van der Waals surface area contributed by atoms with Gasteiger partial charge < -0.3 is 15.2 Å². The summed E-state index contributed by atoms with van der Waals surface area (Å²) in [5.74, 6) is -1.18. The van der Waals surface area contributed by atoms with Crippen molar-refractivity contribution in [3.05, 3.63) is 34.6 Å². The number of hydrogen-bond donors (Lipinski definition) is 2. The maximum absolute atomic E-state index is 13.9. The predicted octanol–water partition coefficient (Wildman–Crippen LogP) is 2.47. The van der Waals surface area contributed by atoms with Crippen LogP contribution in [0.2, 0.25) is 5.02 Å². The fraction of sp³-hybridized carbons (Fsp3) is 0.529. The number of benzene rings is 1. The molecule has 8 heteroatoms. The zero-order chi connectivity index (χ0) is 18.8. The predicted molar refractivity (Wildman–Crippen MR) is 90.6 cm³/mol. The summed E-state index contributed by atoms with van der Waals surface area (Å²) in [6.45, 7) is 5.26. The van der Waals surface area contributed by atoms with Gasteiger partial charge in [-0.3, -0.25) is 9.69 Å². The van der Waals surface area contributed by atoms with Gasteiger partial charge in [-0.15, -0.1) is 0 Å². The zero-order valence-corrected chi connectivity index (χ0v) is 15.1. The molecule has 1 aliphatic heterocycles. The first-order chi connectivity index (χ1) is 11.6. The van der Waals surface area contributed by atoms with E-state index in [0.29, 0.717) is 0 Å². The van der Waals surface area contributed by atoms with Crippen LogP contribution >= 0.6 is 11.6 Å². The lowest BCUT2D eigenvalue weighted by molar-refractivity contribution is -0.128. The third-order valence-corrected chi connectivity index (χ3v) is 4.04. The van der Waals surface area contributed by atoms with Crippen LogP contribution in [0.1, 0.15) is 32.8 Å². The Bertz CT molecular complexity index is 663. The van der Waals surface area contributed by atoms with E-state index in [1.54, 1.807) is 26.8 Å². The summed E-state index contributed by atoms with van der Waals surface area (Å²) < 4.78 is 19.1. The van der Waals surface area contributed by atoms with Crippen LogP contribution in [0.4, 0.5) is 9.18 Å². The van der Waals surface area contributed by atoms with E-state index in [1.807, 2.05) is 0 Å². The van der Waals surface area contributed by atoms with Crippen molar-refractivity contribution >= 4 is 23.6 Å². The van der Waals surface area contributed by atoms with Gasteiger partial charge in [0.1, 0.15) is 17.5 Å². The minimum absolute atomic E-state index is 0.0389. The van der Waals surface area contributed by atoms with Crippen LogP contribution in [0.15, 0.2) is 18.2 Å². The van der Waals surface area contributed by atoms with Crippen LogP contribution in [0, 0.1) is 5.82 Å². The second kappa shape index (κ2) is 7.58. The van der Waals surface area contributed by atoms with E-state index in [2.05, 4.69) is 5.32 Å². The summed E-state index contributed by atoms with van der Waals surface area (Å²) in [5.41, 5.74) is -0.493. The zero-order valence-electron chi connectivity index (χ0n) is 14.4. The molecular weight excluding hydrogens is 351 g/mol. The highest BCUT2D eigenvalue weighted by Gasteiger charge is 2.42. The van der Waals surface area contributed by atoms with Gasteiger partial charge in [0.2, 0.25) is 5.91 Å². The lowest BCUT2D eigenvalue weighted by Gasteiger charge is -2.28. The molecule has 138 valence electrons. The number of likely N-dealkylation sites (tertiary alicyclic amines) is 1. The van der Waals surface area contributed by atoms with Crippen LogP contribution in [0.5, 0.6) is 0 Å². The van der Waals surface area contributed by atoms with E-state index in [0.717, 1.165) is 0 Å². The lowest BCUT2D eigenvalue weighted by Crippen LogP contribution is -2.51. The van der Waals surface area contributed by atoms with E-state index in [-0.39, 0.29) is 30.1 Å². The van der Waals surface area contributed by atoms with Crippen molar-refractivity contribution in [3.63, 3.8) is 0 Å². The van der Waals surface area contributed by atoms with Crippen LogP contribution in [-0.2, 0) is 16.1 Å². The van der Waals surface area contributed by atoms with Crippen LogP contribution < -0.4 is 5.32 Å². The largest absolute Gasteiger partial charge is 0.444 e. The molecule has 0 aromatic heterocycles. The highest BCUT2D eigenvalue weighted by molar-refractivity contribution is 6.30.